The lowest BCUT2D eigenvalue weighted by atomic mass is 10.2. The smallest absolute Gasteiger partial charge is 0.349 e. The van der Waals surface area contributed by atoms with Gasteiger partial charge in [-0.15, -0.1) is 0 Å². The highest BCUT2D eigenvalue weighted by Gasteiger charge is 2.20. The van der Waals surface area contributed by atoms with E-state index in [9.17, 15) is 25.0 Å². The molecule has 0 heterocycles. The average Bonchev–Trinajstić information content (AvgIpc) is 2.62. The van der Waals surface area contributed by atoms with E-state index in [2.05, 4.69) is 10.6 Å². The SMILES string of the molecule is CCOC(=O)C(Nc1ccc([N+](=O)[O-])cc1)Nc1ccc([N+](=O)[O-])cc1. The maximum atomic E-state index is 12.1. The van der Waals surface area contributed by atoms with Gasteiger partial charge in [-0.05, 0) is 31.2 Å². The molecule has 0 bridgehead atoms. The molecule has 2 rings (SSSR count). The van der Waals surface area contributed by atoms with Crippen LogP contribution in [0.4, 0.5) is 22.7 Å². The Labute approximate surface area is 148 Å². The number of benzene rings is 2. The van der Waals surface area contributed by atoms with Crippen LogP contribution in [0.2, 0.25) is 0 Å². The lowest BCUT2D eigenvalue weighted by Gasteiger charge is -2.20. The number of nitrogens with one attached hydrogen (secondary N) is 2. The third-order valence-electron chi connectivity index (χ3n) is 3.30. The number of ether oxygens (including phenoxy) is 1. The molecule has 2 aromatic carbocycles. The number of nitro groups is 2. The van der Waals surface area contributed by atoms with Crippen molar-refractivity contribution in [2.24, 2.45) is 0 Å². The van der Waals surface area contributed by atoms with E-state index in [0.717, 1.165) is 0 Å². The quantitative estimate of drug-likeness (QED) is 0.317. The second-order valence-electron chi connectivity index (χ2n) is 5.08. The third-order valence-corrected chi connectivity index (χ3v) is 3.30. The first-order valence-corrected chi connectivity index (χ1v) is 7.59. The molecular formula is C16H16N4O6. The van der Waals surface area contributed by atoms with Gasteiger partial charge in [0.1, 0.15) is 0 Å². The van der Waals surface area contributed by atoms with Gasteiger partial charge in [-0.1, -0.05) is 0 Å². The molecule has 10 nitrogen and oxygen atoms in total. The topological polar surface area (TPSA) is 137 Å². The van der Waals surface area contributed by atoms with Crippen LogP contribution in [-0.2, 0) is 9.53 Å². The molecule has 10 heteroatoms. The summed E-state index contributed by atoms with van der Waals surface area (Å²) in [4.78, 5) is 32.5. The number of carbonyl (C=O) groups excluding carboxylic acids is 1. The fourth-order valence-electron chi connectivity index (χ4n) is 2.07. The Morgan fingerprint density at radius 2 is 1.31 bits per heavy atom. The highest BCUT2D eigenvalue weighted by molar-refractivity contribution is 5.82. The molecule has 0 saturated heterocycles. The molecule has 0 saturated carbocycles. The van der Waals surface area contributed by atoms with Gasteiger partial charge in [0.15, 0.2) is 6.17 Å². The van der Waals surface area contributed by atoms with Gasteiger partial charge < -0.3 is 15.4 Å². The van der Waals surface area contributed by atoms with Gasteiger partial charge in [-0.2, -0.15) is 0 Å². The fraction of sp³-hybridized carbons (Fsp3) is 0.188. The maximum absolute atomic E-state index is 12.1. The zero-order chi connectivity index (χ0) is 19.1. The Morgan fingerprint density at radius 1 is 0.923 bits per heavy atom. The predicted octanol–water partition coefficient (Wildman–Crippen LogP) is 2.92. The van der Waals surface area contributed by atoms with Crippen molar-refractivity contribution in [1.29, 1.82) is 0 Å². The minimum Gasteiger partial charge on any atom is -0.463 e. The van der Waals surface area contributed by atoms with Gasteiger partial charge in [-0.3, -0.25) is 20.2 Å². The van der Waals surface area contributed by atoms with Crippen molar-refractivity contribution in [3.63, 3.8) is 0 Å². The normalized spacial score (nSPS) is 10.2. The average molecular weight is 360 g/mol. The van der Waals surface area contributed by atoms with Crippen molar-refractivity contribution in [3.05, 3.63) is 68.8 Å². The van der Waals surface area contributed by atoms with E-state index < -0.39 is 22.0 Å². The molecule has 0 fully saturated rings. The number of nitro benzene ring substituents is 2. The van der Waals surface area contributed by atoms with Crippen LogP contribution in [0.3, 0.4) is 0 Å². The highest BCUT2D eigenvalue weighted by Crippen LogP contribution is 2.19. The van der Waals surface area contributed by atoms with E-state index in [4.69, 9.17) is 4.74 Å². The molecule has 26 heavy (non-hydrogen) atoms. The number of hydrogen-bond acceptors (Lipinski definition) is 8. The Balaban J connectivity index is 2.16. The predicted molar refractivity (Wildman–Crippen MR) is 93.9 cm³/mol. The van der Waals surface area contributed by atoms with Crippen molar-refractivity contribution in [2.75, 3.05) is 17.2 Å². The van der Waals surface area contributed by atoms with Gasteiger partial charge in [0.05, 0.1) is 16.5 Å². The zero-order valence-electron chi connectivity index (χ0n) is 13.7. The third kappa shape index (κ3) is 4.90. The summed E-state index contributed by atoms with van der Waals surface area (Å²) in [6.07, 6.45) is -0.988. The van der Waals surface area contributed by atoms with Crippen LogP contribution >= 0.6 is 0 Å². The highest BCUT2D eigenvalue weighted by atomic mass is 16.6. The second-order valence-corrected chi connectivity index (χ2v) is 5.08. The summed E-state index contributed by atoms with van der Waals surface area (Å²) in [6.45, 7) is 1.83. The first kappa shape index (κ1) is 18.6. The molecule has 0 aliphatic rings. The van der Waals surface area contributed by atoms with Crippen molar-refractivity contribution in [2.45, 2.75) is 13.1 Å². The number of rotatable bonds is 8. The summed E-state index contributed by atoms with van der Waals surface area (Å²) < 4.78 is 4.99. The standard InChI is InChI=1S/C16H16N4O6/c1-2-26-16(21)15(17-11-3-7-13(8-4-11)19(22)23)18-12-5-9-14(10-6-12)20(24)25/h3-10,15,17-18H,2H2,1H3. The Hall–Kier alpha value is -3.69. The van der Waals surface area contributed by atoms with Crippen molar-refractivity contribution < 1.29 is 19.4 Å². The fourth-order valence-corrected chi connectivity index (χ4v) is 2.07. The molecule has 136 valence electrons. The van der Waals surface area contributed by atoms with Crippen LogP contribution in [0.25, 0.3) is 0 Å². The monoisotopic (exact) mass is 360 g/mol. The molecule has 0 aliphatic carbocycles. The van der Waals surface area contributed by atoms with E-state index in [-0.39, 0.29) is 18.0 Å². The first-order valence-electron chi connectivity index (χ1n) is 7.59. The molecule has 0 aromatic heterocycles. The van der Waals surface area contributed by atoms with Gasteiger partial charge >= 0.3 is 5.97 Å². The summed E-state index contributed by atoms with van der Waals surface area (Å²) in [5.41, 5.74) is 0.768. The minimum absolute atomic E-state index is 0.0773. The van der Waals surface area contributed by atoms with E-state index in [1.54, 1.807) is 6.92 Å². The van der Waals surface area contributed by atoms with Gasteiger partial charge in [0.2, 0.25) is 0 Å². The van der Waals surface area contributed by atoms with Crippen molar-refractivity contribution in [1.82, 2.24) is 0 Å². The Bertz CT molecular complexity index is 732. The van der Waals surface area contributed by atoms with Crippen LogP contribution in [0, 0.1) is 20.2 Å². The van der Waals surface area contributed by atoms with Crippen LogP contribution in [0.1, 0.15) is 6.92 Å². The molecular weight excluding hydrogens is 344 g/mol. The summed E-state index contributed by atoms with van der Waals surface area (Å²) in [5.74, 6) is -0.593. The lowest BCUT2D eigenvalue weighted by molar-refractivity contribution is -0.385. The zero-order valence-corrected chi connectivity index (χ0v) is 13.7. The van der Waals surface area contributed by atoms with Gasteiger partial charge in [-0.25, -0.2) is 4.79 Å². The van der Waals surface area contributed by atoms with Gasteiger partial charge in [0, 0.05) is 35.6 Å². The molecule has 0 spiro atoms. The summed E-state index contributed by atoms with van der Waals surface area (Å²) in [6, 6.07) is 11.0. The summed E-state index contributed by atoms with van der Waals surface area (Å²) in [7, 11) is 0. The van der Waals surface area contributed by atoms with Crippen LogP contribution in [0.5, 0.6) is 0 Å². The number of hydrogen-bond donors (Lipinski definition) is 2. The number of esters is 1. The van der Waals surface area contributed by atoms with E-state index in [1.807, 2.05) is 0 Å². The molecule has 0 radical (unpaired) electrons. The van der Waals surface area contributed by atoms with Crippen molar-refractivity contribution >= 4 is 28.7 Å². The molecule has 0 aliphatic heterocycles. The van der Waals surface area contributed by atoms with E-state index in [1.165, 1.54) is 48.5 Å². The first-order chi connectivity index (χ1) is 12.4. The molecule has 0 atom stereocenters. The van der Waals surface area contributed by atoms with Crippen LogP contribution in [0.15, 0.2) is 48.5 Å². The Kier molecular flexibility index (Phi) is 6.04. The van der Waals surface area contributed by atoms with Crippen molar-refractivity contribution in [3.8, 4) is 0 Å². The molecule has 0 amide bonds. The molecule has 2 N–H and O–H groups in total. The summed E-state index contributed by atoms with van der Waals surface area (Å²) in [5, 5.41) is 27.1. The van der Waals surface area contributed by atoms with E-state index >= 15 is 0 Å². The molecule has 0 unspecified atom stereocenters. The maximum Gasteiger partial charge on any atom is 0.349 e. The minimum atomic E-state index is -0.988. The Morgan fingerprint density at radius 3 is 1.62 bits per heavy atom. The number of non-ortho nitro benzene ring substituents is 2. The number of anilines is 2. The van der Waals surface area contributed by atoms with E-state index in [0.29, 0.717) is 11.4 Å². The molecule has 2 aromatic rings. The van der Waals surface area contributed by atoms with Gasteiger partial charge in [0.25, 0.3) is 11.4 Å². The summed E-state index contributed by atoms with van der Waals surface area (Å²) >= 11 is 0. The van der Waals surface area contributed by atoms with Crippen LogP contribution in [-0.4, -0.2) is 28.6 Å². The lowest BCUT2D eigenvalue weighted by Crippen LogP contribution is -2.38. The largest absolute Gasteiger partial charge is 0.463 e. The van der Waals surface area contributed by atoms with Crippen LogP contribution < -0.4 is 10.6 Å². The second kappa shape index (κ2) is 8.42. The number of carbonyl (C=O) groups is 1. The number of nitrogens with zero attached hydrogens (tertiary/aromatic N) is 2.